The Kier molecular flexibility index (Phi) is 7.25. The van der Waals surface area contributed by atoms with Crippen LogP contribution in [0.5, 0.6) is 0 Å². The lowest BCUT2D eigenvalue weighted by Gasteiger charge is -2.10. The van der Waals surface area contributed by atoms with Crippen molar-refractivity contribution in [3.8, 4) is 0 Å². The van der Waals surface area contributed by atoms with Crippen LogP contribution in [0, 0.1) is 6.92 Å². The van der Waals surface area contributed by atoms with E-state index in [0.717, 1.165) is 10.6 Å². The number of thioether (sulfide) groups is 1. The van der Waals surface area contributed by atoms with E-state index < -0.39 is 10.0 Å². The zero-order valence-corrected chi connectivity index (χ0v) is 16.8. The summed E-state index contributed by atoms with van der Waals surface area (Å²) in [6.07, 6.45) is 0. The molecule has 140 valence electrons. The van der Waals surface area contributed by atoms with Gasteiger partial charge in [-0.15, -0.1) is 11.8 Å². The quantitative estimate of drug-likeness (QED) is 0.534. The van der Waals surface area contributed by atoms with E-state index in [0.29, 0.717) is 12.1 Å². The summed E-state index contributed by atoms with van der Waals surface area (Å²) in [6, 6.07) is 14.0. The van der Waals surface area contributed by atoms with Crippen molar-refractivity contribution in [2.75, 3.05) is 12.3 Å². The van der Waals surface area contributed by atoms with E-state index in [2.05, 4.69) is 34.3 Å². The Labute approximate surface area is 159 Å². The van der Waals surface area contributed by atoms with E-state index in [4.69, 9.17) is 0 Å². The van der Waals surface area contributed by atoms with Crippen molar-refractivity contribution >= 4 is 27.7 Å². The first-order chi connectivity index (χ1) is 12.3. The first-order valence-electron chi connectivity index (χ1n) is 8.38. The van der Waals surface area contributed by atoms with Crippen molar-refractivity contribution in [2.45, 2.75) is 36.6 Å². The van der Waals surface area contributed by atoms with Crippen molar-refractivity contribution in [3.05, 3.63) is 59.7 Å². The first kappa shape index (κ1) is 20.5. The summed E-state index contributed by atoms with van der Waals surface area (Å²) in [5.41, 5.74) is 1.66. The number of hydrogen-bond donors (Lipinski definition) is 2. The van der Waals surface area contributed by atoms with E-state index in [1.807, 2.05) is 6.92 Å². The number of amides is 1. The van der Waals surface area contributed by atoms with E-state index in [1.54, 1.807) is 25.6 Å². The standard InChI is InChI=1S/C19H24N2O3S2/c1-14(2)21-26(23,24)18-10-6-16(7-11-18)19(22)20-12-13-25-17-8-4-15(3)5-9-17/h4-11,14,21H,12-13H2,1-3H3,(H,20,22). The minimum absolute atomic E-state index is 0.151. The van der Waals surface area contributed by atoms with E-state index in [-0.39, 0.29) is 16.8 Å². The summed E-state index contributed by atoms with van der Waals surface area (Å²) in [5, 5.41) is 2.85. The summed E-state index contributed by atoms with van der Waals surface area (Å²) < 4.78 is 26.7. The lowest BCUT2D eigenvalue weighted by molar-refractivity contribution is 0.0956. The summed E-state index contributed by atoms with van der Waals surface area (Å²) >= 11 is 1.68. The van der Waals surface area contributed by atoms with Gasteiger partial charge in [-0.05, 0) is 57.2 Å². The third-order valence-corrected chi connectivity index (χ3v) is 6.18. The third-order valence-electron chi connectivity index (χ3n) is 3.49. The largest absolute Gasteiger partial charge is 0.351 e. The zero-order valence-electron chi connectivity index (χ0n) is 15.2. The van der Waals surface area contributed by atoms with Crippen molar-refractivity contribution in [1.29, 1.82) is 0 Å². The molecule has 1 amide bonds. The van der Waals surface area contributed by atoms with Gasteiger partial charge in [0.2, 0.25) is 10.0 Å². The molecule has 2 aromatic rings. The van der Waals surface area contributed by atoms with Gasteiger partial charge in [0.1, 0.15) is 0 Å². The predicted molar refractivity (Wildman–Crippen MR) is 106 cm³/mol. The van der Waals surface area contributed by atoms with Crippen LogP contribution in [-0.4, -0.2) is 32.7 Å². The number of sulfonamides is 1. The summed E-state index contributed by atoms with van der Waals surface area (Å²) in [5.74, 6) is 0.551. The number of benzene rings is 2. The monoisotopic (exact) mass is 392 g/mol. The Balaban J connectivity index is 1.85. The molecule has 5 nitrogen and oxygen atoms in total. The fraction of sp³-hybridized carbons (Fsp3) is 0.316. The molecule has 0 bridgehead atoms. The van der Waals surface area contributed by atoms with Crippen molar-refractivity contribution in [1.82, 2.24) is 10.0 Å². The minimum Gasteiger partial charge on any atom is -0.351 e. The molecule has 0 saturated carbocycles. The SMILES string of the molecule is Cc1ccc(SCCNC(=O)c2ccc(S(=O)(=O)NC(C)C)cc2)cc1. The fourth-order valence-electron chi connectivity index (χ4n) is 2.23. The normalized spacial score (nSPS) is 11.5. The Morgan fingerprint density at radius 3 is 2.23 bits per heavy atom. The molecule has 0 unspecified atom stereocenters. The number of aryl methyl sites for hydroxylation is 1. The molecule has 0 heterocycles. The fourth-order valence-corrected chi connectivity index (χ4v) is 4.25. The van der Waals surface area contributed by atoms with Crippen LogP contribution in [0.4, 0.5) is 0 Å². The molecule has 0 aromatic heterocycles. The van der Waals surface area contributed by atoms with E-state index in [1.165, 1.54) is 29.8 Å². The molecule has 0 atom stereocenters. The van der Waals surface area contributed by atoms with Crippen LogP contribution in [0.25, 0.3) is 0 Å². The third kappa shape index (κ3) is 6.16. The second-order valence-corrected chi connectivity index (χ2v) is 9.10. The molecule has 0 aliphatic heterocycles. The topological polar surface area (TPSA) is 75.3 Å². The van der Waals surface area contributed by atoms with Gasteiger partial charge in [0.25, 0.3) is 5.91 Å². The van der Waals surface area contributed by atoms with Crippen LogP contribution in [0.15, 0.2) is 58.3 Å². The summed E-state index contributed by atoms with van der Waals surface area (Å²) in [7, 11) is -3.54. The molecule has 2 aromatic carbocycles. The molecule has 0 aliphatic carbocycles. The van der Waals surface area contributed by atoms with Gasteiger partial charge >= 0.3 is 0 Å². The smallest absolute Gasteiger partial charge is 0.251 e. The highest BCUT2D eigenvalue weighted by atomic mass is 32.2. The highest BCUT2D eigenvalue weighted by Gasteiger charge is 2.15. The van der Waals surface area contributed by atoms with Gasteiger partial charge in [-0.3, -0.25) is 4.79 Å². The molecular formula is C19H24N2O3S2. The van der Waals surface area contributed by atoms with Gasteiger partial charge in [-0.2, -0.15) is 0 Å². The average Bonchev–Trinajstić information content (AvgIpc) is 2.59. The molecule has 7 heteroatoms. The molecule has 2 N–H and O–H groups in total. The van der Waals surface area contributed by atoms with Crippen LogP contribution in [0.3, 0.4) is 0 Å². The predicted octanol–water partition coefficient (Wildman–Crippen LogP) is 3.20. The Bertz CT molecular complexity index is 830. The van der Waals surface area contributed by atoms with Gasteiger partial charge in [-0.1, -0.05) is 17.7 Å². The molecule has 0 fully saturated rings. The molecular weight excluding hydrogens is 368 g/mol. The Morgan fingerprint density at radius 2 is 1.65 bits per heavy atom. The van der Waals surface area contributed by atoms with Gasteiger partial charge in [-0.25, -0.2) is 13.1 Å². The number of carbonyl (C=O) groups excluding carboxylic acids is 1. The summed E-state index contributed by atoms with van der Waals surface area (Å²) in [4.78, 5) is 13.5. The maximum absolute atomic E-state index is 12.2. The Morgan fingerprint density at radius 1 is 1.04 bits per heavy atom. The van der Waals surface area contributed by atoms with Crippen molar-refractivity contribution in [3.63, 3.8) is 0 Å². The van der Waals surface area contributed by atoms with Gasteiger partial charge < -0.3 is 5.32 Å². The molecule has 0 spiro atoms. The highest BCUT2D eigenvalue weighted by molar-refractivity contribution is 7.99. The minimum atomic E-state index is -3.54. The zero-order chi connectivity index (χ0) is 19.2. The first-order valence-corrected chi connectivity index (χ1v) is 10.8. The number of hydrogen-bond acceptors (Lipinski definition) is 4. The molecule has 26 heavy (non-hydrogen) atoms. The van der Waals surface area contributed by atoms with Gasteiger partial charge in [0.15, 0.2) is 0 Å². The van der Waals surface area contributed by atoms with E-state index >= 15 is 0 Å². The second-order valence-electron chi connectivity index (χ2n) is 6.22. The molecule has 2 rings (SSSR count). The maximum Gasteiger partial charge on any atom is 0.251 e. The highest BCUT2D eigenvalue weighted by Crippen LogP contribution is 2.17. The molecule has 0 radical (unpaired) electrons. The van der Waals surface area contributed by atoms with Crippen LogP contribution in [-0.2, 0) is 10.0 Å². The second kappa shape index (κ2) is 9.21. The lowest BCUT2D eigenvalue weighted by atomic mass is 10.2. The number of carbonyl (C=O) groups is 1. The van der Waals surface area contributed by atoms with Crippen molar-refractivity contribution < 1.29 is 13.2 Å². The van der Waals surface area contributed by atoms with Gasteiger partial charge in [0, 0.05) is 28.8 Å². The lowest BCUT2D eigenvalue weighted by Crippen LogP contribution is -2.30. The molecule has 0 aliphatic rings. The average molecular weight is 393 g/mol. The van der Waals surface area contributed by atoms with Crippen molar-refractivity contribution in [2.24, 2.45) is 0 Å². The number of nitrogens with one attached hydrogen (secondary N) is 2. The van der Waals surface area contributed by atoms with Gasteiger partial charge in [0.05, 0.1) is 4.90 Å². The summed E-state index contributed by atoms with van der Waals surface area (Å²) in [6.45, 7) is 6.10. The maximum atomic E-state index is 12.2. The van der Waals surface area contributed by atoms with Crippen LogP contribution < -0.4 is 10.0 Å². The van der Waals surface area contributed by atoms with E-state index in [9.17, 15) is 13.2 Å². The Hall–Kier alpha value is -1.83. The molecule has 0 saturated heterocycles. The van der Waals surface area contributed by atoms with Crippen LogP contribution >= 0.6 is 11.8 Å². The number of rotatable bonds is 8. The van der Waals surface area contributed by atoms with Crippen LogP contribution in [0.1, 0.15) is 29.8 Å². The van der Waals surface area contributed by atoms with Crippen LogP contribution in [0.2, 0.25) is 0 Å².